The van der Waals surface area contributed by atoms with E-state index in [9.17, 15) is 23.7 Å². The highest BCUT2D eigenvalue weighted by Crippen LogP contribution is 2.28. The molecule has 1 heterocycles. The Morgan fingerprint density at radius 2 is 1.75 bits per heavy atom. The number of carbonyl (C=O) groups excluding carboxylic acids is 1. The number of carbonyl (C=O) groups is 1. The van der Waals surface area contributed by atoms with Crippen LogP contribution < -0.4 is 4.90 Å². The smallest absolute Gasteiger partial charge is 0.410 e. The van der Waals surface area contributed by atoms with E-state index in [2.05, 4.69) is 0 Å². The molecule has 0 aliphatic carbocycles. The second-order valence-corrected chi connectivity index (χ2v) is 6.47. The van der Waals surface area contributed by atoms with Crippen LogP contribution in [0.25, 0.3) is 0 Å². The van der Waals surface area contributed by atoms with E-state index in [1.54, 1.807) is 25.7 Å². The lowest BCUT2D eigenvalue weighted by atomic mass is 10.2. The second kappa shape index (κ2) is 6.58. The topological polar surface area (TPSA) is 75.9 Å². The van der Waals surface area contributed by atoms with Crippen LogP contribution in [0.2, 0.25) is 0 Å². The molecule has 0 N–H and O–H groups in total. The van der Waals surface area contributed by atoms with Crippen molar-refractivity contribution in [3.63, 3.8) is 0 Å². The summed E-state index contributed by atoms with van der Waals surface area (Å²) in [4.78, 5) is 24.7. The van der Waals surface area contributed by atoms with Crippen molar-refractivity contribution in [2.75, 3.05) is 31.1 Å². The Hall–Kier alpha value is -2.45. The van der Waals surface area contributed by atoms with Crippen molar-refractivity contribution in [2.45, 2.75) is 26.4 Å². The Morgan fingerprint density at radius 1 is 1.17 bits per heavy atom. The molecular formula is C15H19F2N3O4. The maximum absolute atomic E-state index is 14.0. The molecule has 0 saturated carbocycles. The van der Waals surface area contributed by atoms with Gasteiger partial charge in [0.1, 0.15) is 5.60 Å². The first-order valence-corrected chi connectivity index (χ1v) is 7.45. The minimum Gasteiger partial charge on any atom is -0.444 e. The number of benzene rings is 1. The van der Waals surface area contributed by atoms with Gasteiger partial charge >= 0.3 is 11.8 Å². The summed E-state index contributed by atoms with van der Waals surface area (Å²) in [5.74, 6) is -1.96. The Balaban J connectivity index is 2.06. The SMILES string of the molecule is CC(C)(C)OC(=O)N1CCN(c2cc(F)c([N+](=O)[O-])cc2F)CC1. The molecule has 2 rings (SSSR count). The fourth-order valence-corrected chi connectivity index (χ4v) is 2.36. The first-order chi connectivity index (χ1) is 11.1. The average molecular weight is 343 g/mol. The fraction of sp³-hybridized carbons (Fsp3) is 0.533. The lowest BCUT2D eigenvalue weighted by Gasteiger charge is -2.36. The summed E-state index contributed by atoms with van der Waals surface area (Å²) in [5, 5.41) is 10.6. The van der Waals surface area contributed by atoms with Crippen LogP contribution in [0.15, 0.2) is 12.1 Å². The molecular weight excluding hydrogens is 324 g/mol. The van der Waals surface area contributed by atoms with Crippen LogP contribution in [-0.2, 0) is 4.74 Å². The van der Waals surface area contributed by atoms with Gasteiger partial charge in [0.2, 0.25) is 5.82 Å². The van der Waals surface area contributed by atoms with Gasteiger partial charge in [-0.15, -0.1) is 0 Å². The van der Waals surface area contributed by atoms with Crippen molar-refractivity contribution in [3.05, 3.63) is 33.9 Å². The first-order valence-electron chi connectivity index (χ1n) is 7.45. The van der Waals surface area contributed by atoms with Gasteiger partial charge in [-0.3, -0.25) is 10.1 Å². The third kappa shape index (κ3) is 4.09. The molecule has 7 nitrogen and oxygen atoms in total. The molecule has 1 aromatic carbocycles. The highest BCUT2D eigenvalue weighted by molar-refractivity contribution is 5.68. The number of anilines is 1. The predicted molar refractivity (Wildman–Crippen MR) is 83.0 cm³/mol. The molecule has 0 radical (unpaired) electrons. The van der Waals surface area contributed by atoms with E-state index in [4.69, 9.17) is 4.74 Å². The maximum Gasteiger partial charge on any atom is 0.410 e. The van der Waals surface area contributed by atoms with Crippen LogP contribution in [-0.4, -0.2) is 47.7 Å². The Morgan fingerprint density at radius 3 is 2.25 bits per heavy atom. The lowest BCUT2D eigenvalue weighted by molar-refractivity contribution is -0.387. The van der Waals surface area contributed by atoms with Gasteiger partial charge in [-0.25, -0.2) is 9.18 Å². The monoisotopic (exact) mass is 343 g/mol. The Bertz CT molecular complexity index is 653. The van der Waals surface area contributed by atoms with Crippen LogP contribution in [0.3, 0.4) is 0 Å². The highest BCUT2D eigenvalue weighted by Gasteiger charge is 2.28. The van der Waals surface area contributed by atoms with Crippen molar-refractivity contribution in [2.24, 2.45) is 0 Å². The van der Waals surface area contributed by atoms with Crippen LogP contribution in [0, 0.1) is 21.7 Å². The summed E-state index contributed by atoms with van der Waals surface area (Å²) in [6.07, 6.45) is -0.461. The Labute approximate surface area is 137 Å². The summed E-state index contributed by atoms with van der Waals surface area (Å²) < 4.78 is 33.0. The number of rotatable bonds is 2. The van der Waals surface area contributed by atoms with Gasteiger partial charge in [0.05, 0.1) is 16.7 Å². The van der Waals surface area contributed by atoms with Gasteiger partial charge in [0.25, 0.3) is 0 Å². The molecule has 1 amide bonds. The van der Waals surface area contributed by atoms with E-state index in [-0.39, 0.29) is 31.9 Å². The highest BCUT2D eigenvalue weighted by atomic mass is 19.1. The van der Waals surface area contributed by atoms with Gasteiger partial charge in [0, 0.05) is 32.2 Å². The van der Waals surface area contributed by atoms with Crippen LogP contribution in [0.5, 0.6) is 0 Å². The van der Waals surface area contributed by atoms with Crippen LogP contribution in [0.4, 0.5) is 25.0 Å². The Kier molecular flexibility index (Phi) is 4.91. The largest absolute Gasteiger partial charge is 0.444 e. The van der Waals surface area contributed by atoms with Crippen molar-refractivity contribution in [1.82, 2.24) is 4.90 Å². The van der Waals surface area contributed by atoms with E-state index in [1.165, 1.54) is 4.90 Å². The quantitative estimate of drug-likeness (QED) is 0.610. The number of nitro groups is 1. The summed E-state index contributed by atoms with van der Waals surface area (Å²) >= 11 is 0. The predicted octanol–water partition coefficient (Wildman–Crippen LogP) is 2.93. The third-order valence-corrected chi connectivity index (χ3v) is 3.49. The average Bonchev–Trinajstić information content (AvgIpc) is 2.47. The van der Waals surface area contributed by atoms with Gasteiger partial charge in [-0.1, -0.05) is 0 Å². The number of ether oxygens (including phenoxy) is 1. The molecule has 24 heavy (non-hydrogen) atoms. The van der Waals surface area contributed by atoms with E-state index >= 15 is 0 Å². The van der Waals surface area contributed by atoms with Crippen molar-refractivity contribution >= 4 is 17.5 Å². The summed E-state index contributed by atoms with van der Waals surface area (Å²) in [7, 11) is 0. The van der Waals surface area contributed by atoms with Gasteiger partial charge in [0.15, 0.2) is 5.82 Å². The zero-order valence-corrected chi connectivity index (χ0v) is 13.7. The molecule has 1 saturated heterocycles. The minimum absolute atomic E-state index is 0.0538. The maximum atomic E-state index is 14.0. The molecule has 1 aliphatic heterocycles. The lowest BCUT2D eigenvalue weighted by Crippen LogP contribution is -2.50. The number of nitro benzene ring substituents is 1. The number of amides is 1. The molecule has 9 heteroatoms. The fourth-order valence-electron chi connectivity index (χ4n) is 2.36. The molecule has 1 fully saturated rings. The second-order valence-electron chi connectivity index (χ2n) is 6.47. The molecule has 1 aromatic rings. The van der Waals surface area contributed by atoms with E-state index in [0.717, 1.165) is 6.07 Å². The molecule has 132 valence electrons. The summed E-state index contributed by atoms with van der Waals surface area (Å²) in [6.45, 7) is 6.39. The first kappa shape index (κ1) is 17.9. The van der Waals surface area contributed by atoms with Gasteiger partial charge in [-0.2, -0.15) is 4.39 Å². The van der Waals surface area contributed by atoms with Gasteiger partial charge in [-0.05, 0) is 20.8 Å². The number of hydrogen-bond acceptors (Lipinski definition) is 5. The standard InChI is InChI=1S/C15H19F2N3O4/c1-15(2,3)24-14(21)19-6-4-18(5-7-19)12-8-11(17)13(20(22)23)9-10(12)16/h8-9H,4-7H2,1-3H3. The van der Waals surface area contributed by atoms with Crippen molar-refractivity contribution in [3.8, 4) is 0 Å². The molecule has 0 aromatic heterocycles. The van der Waals surface area contributed by atoms with Crippen molar-refractivity contribution < 1.29 is 23.2 Å². The molecule has 0 unspecified atom stereocenters. The minimum atomic E-state index is -1.09. The third-order valence-electron chi connectivity index (χ3n) is 3.49. The van der Waals surface area contributed by atoms with E-state index in [1.807, 2.05) is 0 Å². The normalized spacial score (nSPS) is 15.4. The van der Waals surface area contributed by atoms with E-state index < -0.39 is 33.9 Å². The van der Waals surface area contributed by atoms with Crippen LogP contribution >= 0.6 is 0 Å². The van der Waals surface area contributed by atoms with E-state index in [0.29, 0.717) is 6.07 Å². The zero-order valence-electron chi connectivity index (χ0n) is 13.7. The summed E-state index contributed by atoms with van der Waals surface area (Å²) in [5.41, 5.74) is -1.56. The zero-order chi connectivity index (χ0) is 18.1. The number of halogens is 2. The summed E-state index contributed by atoms with van der Waals surface area (Å²) in [6, 6.07) is 1.39. The number of nitrogens with zero attached hydrogens (tertiary/aromatic N) is 3. The van der Waals surface area contributed by atoms with Gasteiger partial charge < -0.3 is 14.5 Å². The molecule has 0 bridgehead atoms. The van der Waals surface area contributed by atoms with Crippen molar-refractivity contribution in [1.29, 1.82) is 0 Å². The molecule has 0 atom stereocenters. The van der Waals surface area contributed by atoms with Crippen LogP contribution in [0.1, 0.15) is 20.8 Å². The molecule has 1 aliphatic rings. The molecule has 0 spiro atoms. The number of piperazine rings is 1. The number of hydrogen-bond donors (Lipinski definition) is 0.